The summed E-state index contributed by atoms with van der Waals surface area (Å²) in [6, 6.07) is 8.89. The van der Waals surface area contributed by atoms with Crippen LogP contribution in [0.1, 0.15) is 17.3 Å². The summed E-state index contributed by atoms with van der Waals surface area (Å²) >= 11 is 1.21. The van der Waals surface area contributed by atoms with Crippen molar-refractivity contribution in [3.63, 3.8) is 0 Å². The molecule has 8 heteroatoms. The Bertz CT molecular complexity index is 790. The van der Waals surface area contributed by atoms with Crippen LogP contribution < -0.4 is 10.9 Å². The summed E-state index contributed by atoms with van der Waals surface area (Å²) < 4.78 is 6.00. The number of carbonyl (C=O) groups is 2. The number of hydrogen-bond donors (Lipinski definition) is 1. The van der Waals surface area contributed by atoms with Gasteiger partial charge in [0.1, 0.15) is 12.1 Å². The fourth-order valence-electron chi connectivity index (χ4n) is 1.99. The number of anilines is 1. The molecule has 0 aliphatic rings. The Hall–Kier alpha value is -2.61. The number of para-hydroxylation sites is 1. The Morgan fingerprint density at radius 1 is 1.29 bits per heavy atom. The Morgan fingerprint density at radius 3 is 2.62 bits per heavy atom. The Morgan fingerprint density at radius 2 is 2.00 bits per heavy atom. The van der Waals surface area contributed by atoms with E-state index >= 15 is 0 Å². The highest BCUT2D eigenvalue weighted by Crippen LogP contribution is 2.11. The molecule has 2 aromatic rings. The number of benzene rings is 1. The minimum Gasteiger partial charge on any atom is -0.462 e. The first kappa shape index (κ1) is 17.7. The van der Waals surface area contributed by atoms with Gasteiger partial charge >= 0.3 is 5.97 Å². The molecule has 0 atom stereocenters. The molecule has 0 saturated heterocycles. The molecule has 0 bridgehead atoms. The Balaban J connectivity index is 2.27. The molecule has 2 rings (SSSR count). The highest BCUT2D eigenvalue weighted by atomic mass is 32.2. The van der Waals surface area contributed by atoms with Gasteiger partial charge in [-0.05, 0) is 25.3 Å². The van der Waals surface area contributed by atoms with Gasteiger partial charge in [-0.2, -0.15) is 0 Å². The van der Waals surface area contributed by atoms with E-state index in [0.29, 0.717) is 10.8 Å². The van der Waals surface area contributed by atoms with E-state index < -0.39 is 11.5 Å². The van der Waals surface area contributed by atoms with Crippen LogP contribution in [0.5, 0.6) is 0 Å². The molecular formula is C16H17N3O4S. The second kappa shape index (κ2) is 8.30. The van der Waals surface area contributed by atoms with Gasteiger partial charge in [-0.15, -0.1) is 0 Å². The van der Waals surface area contributed by atoms with E-state index in [1.54, 1.807) is 37.4 Å². The fraction of sp³-hybridized carbons (Fsp3) is 0.250. The number of carbonyl (C=O) groups excluding carboxylic acids is 2. The first-order valence-corrected chi connectivity index (χ1v) is 8.45. The van der Waals surface area contributed by atoms with Crippen LogP contribution in [0, 0.1) is 0 Å². The summed E-state index contributed by atoms with van der Waals surface area (Å²) in [6.45, 7) is 1.55. The van der Waals surface area contributed by atoms with E-state index in [0.717, 1.165) is 4.57 Å². The third kappa shape index (κ3) is 4.23. The van der Waals surface area contributed by atoms with Crippen molar-refractivity contribution in [2.75, 3.05) is 18.2 Å². The third-order valence-electron chi connectivity index (χ3n) is 3.05. The molecule has 0 aliphatic heterocycles. The quantitative estimate of drug-likeness (QED) is 0.487. The van der Waals surface area contributed by atoms with Crippen LogP contribution in [-0.2, 0) is 16.1 Å². The molecule has 126 valence electrons. The summed E-state index contributed by atoms with van der Waals surface area (Å²) in [5.74, 6) is -1.14. The topological polar surface area (TPSA) is 90.3 Å². The lowest BCUT2D eigenvalue weighted by molar-refractivity contribution is -0.116. The van der Waals surface area contributed by atoms with Crippen LogP contribution in [0.4, 0.5) is 5.69 Å². The summed E-state index contributed by atoms with van der Waals surface area (Å²) in [5.41, 5.74) is -0.172. The third-order valence-corrected chi connectivity index (χ3v) is 3.74. The molecule has 1 aromatic heterocycles. The second-order valence-corrected chi connectivity index (χ2v) is 5.46. The van der Waals surface area contributed by atoms with Crippen LogP contribution in [-0.4, -0.2) is 34.3 Å². The minimum absolute atomic E-state index is 0.150. The summed E-state index contributed by atoms with van der Waals surface area (Å²) in [7, 11) is 0. The predicted molar refractivity (Wildman–Crippen MR) is 91.3 cm³/mol. The van der Waals surface area contributed by atoms with Crippen molar-refractivity contribution in [2.24, 2.45) is 0 Å². The zero-order valence-corrected chi connectivity index (χ0v) is 14.1. The Labute approximate surface area is 143 Å². The second-order valence-electron chi connectivity index (χ2n) is 4.68. The average Bonchev–Trinajstić information content (AvgIpc) is 2.57. The number of esters is 1. The van der Waals surface area contributed by atoms with Crippen LogP contribution in [0.2, 0.25) is 0 Å². The molecule has 0 unspecified atom stereocenters. The van der Waals surface area contributed by atoms with Crippen molar-refractivity contribution in [2.45, 2.75) is 18.6 Å². The molecular weight excluding hydrogens is 330 g/mol. The van der Waals surface area contributed by atoms with Crippen LogP contribution in [0.25, 0.3) is 0 Å². The van der Waals surface area contributed by atoms with Gasteiger partial charge in [0, 0.05) is 5.69 Å². The van der Waals surface area contributed by atoms with Gasteiger partial charge in [-0.25, -0.2) is 9.78 Å². The average molecular weight is 347 g/mol. The van der Waals surface area contributed by atoms with Crippen molar-refractivity contribution in [1.82, 2.24) is 9.55 Å². The fourth-order valence-corrected chi connectivity index (χ4v) is 2.52. The zero-order chi connectivity index (χ0) is 17.5. The van der Waals surface area contributed by atoms with Gasteiger partial charge in [0.25, 0.3) is 5.56 Å². The molecule has 1 heterocycles. The lowest BCUT2D eigenvalue weighted by Crippen LogP contribution is -2.33. The standard InChI is InChI=1S/C16H17N3O4S/c1-3-23-15(22)12-9-17-16(24-2)19(14(12)21)10-13(20)18-11-7-5-4-6-8-11/h4-9H,3,10H2,1-2H3,(H,18,20). The van der Waals surface area contributed by atoms with Gasteiger partial charge in [0.15, 0.2) is 5.16 Å². The Kier molecular flexibility index (Phi) is 6.14. The SMILES string of the molecule is CCOC(=O)c1cnc(SC)n(CC(=O)Nc2ccccc2)c1=O. The molecule has 0 spiro atoms. The van der Waals surface area contributed by atoms with Gasteiger partial charge in [-0.1, -0.05) is 30.0 Å². The van der Waals surface area contributed by atoms with Crippen LogP contribution in [0.15, 0.2) is 46.5 Å². The molecule has 0 fully saturated rings. The number of amides is 1. The van der Waals surface area contributed by atoms with Crippen molar-refractivity contribution in [3.05, 3.63) is 52.4 Å². The van der Waals surface area contributed by atoms with Crippen molar-refractivity contribution >= 4 is 29.3 Å². The van der Waals surface area contributed by atoms with Crippen molar-refractivity contribution < 1.29 is 14.3 Å². The van der Waals surface area contributed by atoms with Crippen LogP contribution in [0.3, 0.4) is 0 Å². The normalized spacial score (nSPS) is 10.2. The van der Waals surface area contributed by atoms with Gasteiger partial charge in [0.05, 0.1) is 12.8 Å². The summed E-state index contributed by atoms with van der Waals surface area (Å²) in [6.07, 6.45) is 2.91. The largest absolute Gasteiger partial charge is 0.462 e. The molecule has 0 saturated carbocycles. The van der Waals surface area contributed by atoms with Crippen molar-refractivity contribution in [3.8, 4) is 0 Å². The molecule has 1 aromatic carbocycles. The first-order valence-electron chi connectivity index (χ1n) is 7.22. The summed E-state index contributed by atoms with van der Waals surface area (Å²) in [4.78, 5) is 40.5. The molecule has 24 heavy (non-hydrogen) atoms. The maximum atomic E-state index is 12.5. The van der Waals surface area contributed by atoms with E-state index in [9.17, 15) is 14.4 Å². The smallest absolute Gasteiger partial charge is 0.345 e. The number of nitrogens with one attached hydrogen (secondary N) is 1. The molecule has 0 aliphatic carbocycles. The summed E-state index contributed by atoms with van der Waals surface area (Å²) in [5, 5.41) is 3.03. The first-order chi connectivity index (χ1) is 11.6. The van der Waals surface area contributed by atoms with E-state index in [2.05, 4.69) is 10.3 Å². The lowest BCUT2D eigenvalue weighted by Gasteiger charge is -2.12. The molecule has 7 nitrogen and oxygen atoms in total. The van der Waals surface area contributed by atoms with E-state index in [4.69, 9.17) is 4.74 Å². The molecule has 1 amide bonds. The van der Waals surface area contributed by atoms with Gasteiger partial charge in [0.2, 0.25) is 5.91 Å². The predicted octanol–water partition coefficient (Wildman–Crippen LogP) is 1.78. The highest BCUT2D eigenvalue weighted by molar-refractivity contribution is 7.98. The molecule has 0 radical (unpaired) electrons. The van der Waals surface area contributed by atoms with Crippen LogP contribution >= 0.6 is 11.8 Å². The number of ether oxygens (including phenoxy) is 1. The maximum Gasteiger partial charge on any atom is 0.345 e. The molecule has 1 N–H and O–H groups in total. The lowest BCUT2D eigenvalue weighted by atomic mass is 10.3. The zero-order valence-electron chi connectivity index (χ0n) is 13.3. The van der Waals surface area contributed by atoms with Crippen molar-refractivity contribution in [1.29, 1.82) is 0 Å². The number of hydrogen-bond acceptors (Lipinski definition) is 6. The van der Waals surface area contributed by atoms with E-state index in [-0.39, 0.29) is 24.6 Å². The maximum absolute atomic E-state index is 12.5. The number of rotatable bonds is 6. The highest BCUT2D eigenvalue weighted by Gasteiger charge is 2.18. The van der Waals surface area contributed by atoms with E-state index in [1.165, 1.54) is 18.0 Å². The van der Waals surface area contributed by atoms with Gasteiger partial charge in [-0.3, -0.25) is 14.2 Å². The number of thioether (sulfide) groups is 1. The monoisotopic (exact) mass is 347 g/mol. The van der Waals surface area contributed by atoms with E-state index in [1.807, 2.05) is 6.07 Å². The van der Waals surface area contributed by atoms with Gasteiger partial charge < -0.3 is 10.1 Å². The minimum atomic E-state index is -0.750. The number of nitrogens with zero attached hydrogens (tertiary/aromatic N) is 2. The number of aromatic nitrogens is 2.